The second-order valence-electron chi connectivity index (χ2n) is 10.6. The maximum Gasteiger partial charge on any atom is 0.254 e. The van der Waals surface area contributed by atoms with E-state index in [2.05, 4.69) is 43.0 Å². The van der Waals surface area contributed by atoms with E-state index in [9.17, 15) is 4.79 Å². The molecule has 4 atom stereocenters. The van der Waals surface area contributed by atoms with Gasteiger partial charge >= 0.3 is 0 Å². The molecule has 0 bridgehead atoms. The quantitative estimate of drug-likeness (QED) is 0.310. The molecule has 33 heavy (non-hydrogen) atoms. The smallest absolute Gasteiger partial charge is 0.254 e. The van der Waals surface area contributed by atoms with Crippen LogP contribution in [0.4, 0.5) is 0 Å². The van der Waals surface area contributed by atoms with Crippen molar-refractivity contribution in [3.63, 3.8) is 0 Å². The molecule has 2 aromatic rings. The van der Waals surface area contributed by atoms with Crippen LogP contribution in [0.2, 0.25) is 0 Å². The fraction of sp³-hybridized carbons (Fsp3) is 0.643. The molecule has 180 valence electrons. The monoisotopic (exact) mass is 450 g/mol. The zero-order valence-electron chi connectivity index (χ0n) is 20.6. The van der Waals surface area contributed by atoms with E-state index in [1.165, 1.54) is 32.2 Å². The van der Waals surface area contributed by atoms with Crippen LogP contribution in [0.15, 0.2) is 35.1 Å². The third-order valence-electron chi connectivity index (χ3n) is 8.26. The summed E-state index contributed by atoms with van der Waals surface area (Å²) < 4.78 is 2.02. The summed E-state index contributed by atoms with van der Waals surface area (Å²) in [6.45, 7) is 6.69. The van der Waals surface area contributed by atoms with Crippen molar-refractivity contribution in [3.8, 4) is 0 Å². The van der Waals surface area contributed by atoms with Crippen LogP contribution < -0.4 is 11.3 Å². The fourth-order valence-electron chi connectivity index (χ4n) is 6.28. The van der Waals surface area contributed by atoms with Crippen LogP contribution >= 0.6 is 0 Å². The average molecular weight is 451 g/mol. The molecule has 1 saturated carbocycles. The normalized spacial score (nSPS) is 26.5. The van der Waals surface area contributed by atoms with Crippen molar-refractivity contribution in [2.45, 2.75) is 103 Å². The number of hydrogen-bond donors (Lipinski definition) is 2. The van der Waals surface area contributed by atoms with Gasteiger partial charge in [0.25, 0.3) is 5.56 Å². The molecule has 5 heteroatoms. The van der Waals surface area contributed by atoms with Gasteiger partial charge in [0.05, 0.1) is 11.4 Å². The fourth-order valence-corrected chi connectivity index (χ4v) is 6.28. The number of unbranched alkanes of at least 4 members (excludes halogenated alkanes) is 2. The second kappa shape index (κ2) is 10.9. The van der Waals surface area contributed by atoms with Crippen LogP contribution in [0.1, 0.15) is 89.5 Å². The number of aromatic nitrogens is 1. The Kier molecular flexibility index (Phi) is 7.90. The van der Waals surface area contributed by atoms with Crippen LogP contribution in [0.3, 0.4) is 0 Å². The van der Waals surface area contributed by atoms with Crippen LogP contribution in [0.25, 0.3) is 10.9 Å². The summed E-state index contributed by atoms with van der Waals surface area (Å²) in [5.41, 5.74) is 7.97. The third kappa shape index (κ3) is 5.51. The van der Waals surface area contributed by atoms with Gasteiger partial charge in [-0.25, -0.2) is 0 Å². The average Bonchev–Trinajstić information content (AvgIpc) is 2.81. The molecular formula is C28H42N4O. The van der Waals surface area contributed by atoms with E-state index in [1.54, 1.807) is 0 Å². The number of aryl methyl sites for hydroxylation is 1. The number of rotatable bonds is 8. The molecule has 2 heterocycles. The number of nitrogens with zero attached hydrogens (tertiary/aromatic N) is 2. The highest BCUT2D eigenvalue weighted by atomic mass is 16.1. The number of likely N-dealkylation sites (tertiary alicyclic amines) is 1. The molecule has 0 spiro atoms. The highest BCUT2D eigenvalue weighted by Crippen LogP contribution is 2.35. The van der Waals surface area contributed by atoms with Gasteiger partial charge in [0.2, 0.25) is 0 Å². The minimum Gasteiger partial charge on any atom is -0.387 e. The molecule has 2 fully saturated rings. The summed E-state index contributed by atoms with van der Waals surface area (Å²) >= 11 is 0. The first-order valence-corrected chi connectivity index (χ1v) is 13.2. The van der Waals surface area contributed by atoms with Crippen molar-refractivity contribution in [2.24, 2.45) is 11.7 Å². The van der Waals surface area contributed by atoms with Crippen LogP contribution in [-0.4, -0.2) is 33.9 Å². The SMILES string of the molecule is CC1CCC[C@@H](C)N1CCCCCn1c(=O)c(C2CCCC(C(=N)N)C2)cc2ccccc21. The first-order chi connectivity index (χ1) is 16.0. The molecule has 3 N–H and O–H groups in total. The molecular weight excluding hydrogens is 408 g/mol. The summed E-state index contributed by atoms with van der Waals surface area (Å²) in [7, 11) is 0. The first-order valence-electron chi connectivity index (χ1n) is 13.2. The van der Waals surface area contributed by atoms with Gasteiger partial charge in [-0.15, -0.1) is 0 Å². The van der Waals surface area contributed by atoms with Crippen LogP contribution in [0.5, 0.6) is 0 Å². The Balaban J connectivity index is 1.46. The molecule has 4 rings (SSSR count). The molecule has 1 aromatic heterocycles. The molecule has 3 unspecified atom stereocenters. The summed E-state index contributed by atoms with van der Waals surface area (Å²) in [5.74, 6) is 0.596. The minimum absolute atomic E-state index is 0.114. The van der Waals surface area contributed by atoms with E-state index in [4.69, 9.17) is 11.1 Å². The van der Waals surface area contributed by atoms with E-state index in [0.29, 0.717) is 12.1 Å². The lowest BCUT2D eigenvalue weighted by Gasteiger charge is -2.39. The molecule has 0 amide bonds. The number of hydrogen-bond acceptors (Lipinski definition) is 3. The zero-order valence-corrected chi connectivity index (χ0v) is 20.6. The third-order valence-corrected chi connectivity index (χ3v) is 8.26. The predicted molar refractivity (Wildman–Crippen MR) is 138 cm³/mol. The number of fused-ring (bicyclic) bond motifs is 1. The Morgan fingerprint density at radius 3 is 2.45 bits per heavy atom. The predicted octanol–water partition coefficient (Wildman–Crippen LogP) is 5.64. The van der Waals surface area contributed by atoms with E-state index < -0.39 is 0 Å². The van der Waals surface area contributed by atoms with E-state index in [-0.39, 0.29) is 23.2 Å². The number of amidine groups is 1. The van der Waals surface area contributed by atoms with Gasteiger partial charge in [-0.05, 0) is 88.8 Å². The van der Waals surface area contributed by atoms with Gasteiger partial charge < -0.3 is 10.3 Å². The van der Waals surface area contributed by atoms with Gasteiger partial charge in [0.1, 0.15) is 0 Å². The summed E-state index contributed by atoms with van der Waals surface area (Å²) in [6, 6.07) is 11.8. The lowest BCUT2D eigenvalue weighted by molar-refractivity contribution is 0.101. The van der Waals surface area contributed by atoms with Gasteiger partial charge in [-0.3, -0.25) is 15.1 Å². The van der Waals surface area contributed by atoms with Gasteiger partial charge in [0.15, 0.2) is 0 Å². The number of para-hydroxylation sites is 1. The van der Waals surface area contributed by atoms with E-state index in [1.807, 2.05) is 10.6 Å². The Bertz CT molecular complexity index is 1000. The number of piperidine rings is 1. The van der Waals surface area contributed by atoms with Crippen molar-refractivity contribution >= 4 is 16.7 Å². The molecule has 1 aliphatic carbocycles. The summed E-state index contributed by atoms with van der Waals surface area (Å²) in [6.07, 6.45) is 11.2. The molecule has 5 nitrogen and oxygen atoms in total. The lowest BCUT2D eigenvalue weighted by Crippen LogP contribution is -2.44. The first kappa shape index (κ1) is 24.0. The van der Waals surface area contributed by atoms with Crippen molar-refractivity contribution in [1.82, 2.24) is 9.47 Å². The Morgan fingerprint density at radius 2 is 1.70 bits per heavy atom. The highest BCUT2D eigenvalue weighted by molar-refractivity contribution is 5.81. The zero-order chi connectivity index (χ0) is 23.4. The van der Waals surface area contributed by atoms with Crippen molar-refractivity contribution in [3.05, 3.63) is 46.2 Å². The summed E-state index contributed by atoms with van der Waals surface area (Å²) in [4.78, 5) is 16.3. The molecule has 1 aliphatic heterocycles. The Labute approximate surface area is 198 Å². The minimum atomic E-state index is 0.114. The number of pyridine rings is 1. The molecule has 0 radical (unpaired) electrons. The number of nitrogens with one attached hydrogen (secondary N) is 1. The van der Waals surface area contributed by atoms with E-state index >= 15 is 0 Å². The maximum atomic E-state index is 13.6. The standard InChI is InChI=1S/C28H42N4O/c1-20-10-8-11-21(2)31(20)16-6-3-7-17-32-26-15-5-4-12-23(26)19-25(28(32)33)22-13-9-14-24(18-22)27(29)30/h4-5,12,15,19-22,24H,3,6-11,13-14,16-18H2,1-2H3,(H3,29,30)/t20-,21?,22?,24?/m1/s1. The summed E-state index contributed by atoms with van der Waals surface area (Å²) in [5, 5.41) is 9.04. The van der Waals surface area contributed by atoms with Crippen molar-refractivity contribution < 1.29 is 0 Å². The van der Waals surface area contributed by atoms with E-state index in [0.717, 1.165) is 61.5 Å². The highest BCUT2D eigenvalue weighted by Gasteiger charge is 2.28. The van der Waals surface area contributed by atoms with Crippen molar-refractivity contribution in [1.29, 1.82) is 5.41 Å². The van der Waals surface area contributed by atoms with Gasteiger partial charge in [-0.1, -0.05) is 37.5 Å². The van der Waals surface area contributed by atoms with Gasteiger partial charge in [0, 0.05) is 30.1 Å². The molecule has 1 saturated heterocycles. The largest absolute Gasteiger partial charge is 0.387 e. The number of nitrogens with two attached hydrogens (primary N) is 1. The molecule has 2 aliphatic rings. The number of benzene rings is 1. The van der Waals surface area contributed by atoms with Crippen LogP contribution in [-0.2, 0) is 6.54 Å². The van der Waals surface area contributed by atoms with Crippen LogP contribution in [0, 0.1) is 11.3 Å². The lowest BCUT2D eigenvalue weighted by atomic mass is 9.77. The topological polar surface area (TPSA) is 75.1 Å². The second-order valence-corrected chi connectivity index (χ2v) is 10.6. The van der Waals surface area contributed by atoms with Crippen molar-refractivity contribution in [2.75, 3.05) is 6.54 Å². The molecule has 1 aromatic carbocycles. The Morgan fingerprint density at radius 1 is 1.00 bits per heavy atom. The van der Waals surface area contributed by atoms with Gasteiger partial charge in [-0.2, -0.15) is 0 Å². The Hall–Kier alpha value is -2.14. The maximum absolute atomic E-state index is 13.6.